The van der Waals surface area contributed by atoms with Gasteiger partial charge in [0, 0.05) is 17.5 Å². The van der Waals surface area contributed by atoms with Crippen molar-refractivity contribution in [3.63, 3.8) is 0 Å². The number of carbonyl (C=O) groups is 3. The molecule has 1 heterocycles. The number of hydrogen-bond acceptors (Lipinski definition) is 5. The summed E-state index contributed by atoms with van der Waals surface area (Å²) in [5.74, 6) is 1.55. The Kier molecular flexibility index (Phi) is 9.74. The fraction of sp³-hybridized carbons (Fsp3) is 0.814. The first-order valence-electron chi connectivity index (χ1n) is 20.0. The van der Waals surface area contributed by atoms with E-state index < -0.39 is 11.4 Å². The van der Waals surface area contributed by atoms with Gasteiger partial charge in [-0.2, -0.15) is 5.10 Å². The largest absolute Gasteiger partial charge is 0.481 e. The molecule has 8 heteroatoms. The van der Waals surface area contributed by atoms with Gasteiger partial charge in [0.1, 0.15) is 6.10 Å². The van der Waals surface area contributed by atoms with Gasteiger partial charge in [-0.15, -0.1) is 0 Å². The summed E-state index contributed by atoms with van der Waals surface area (Å²) < 4.78 is 6.27. The SMILES string of the molecule is C=C(C)[C@@H]1CC[C@]2(CC(=O)NCc3cc(C)[nH]n3)CC[C@]3(C)[C@H](CC[C@@H]4[C@@]5(C)CC[C@H](OC(=O)CC(C)(C)CC(=O)O)C(C)(C)[C@@H]5CC[C@]43C)[C@@H]12. The third kappa shape index (κ3) is 6.40. The first-order chi connectivity index (χ1) is 23.7. The molecule has 0 spiro atoms. The Labute approximate surface area is 307 Å². The van der Waals surface area contributed by atoms with Crippen LogP contribution >= 0.6 is 0 Å². The number of amides is 1. The number of fused-ring (bicyclic) bond motifs is 7. The van der Waals surface area contributed by atoms with Crippen molar-refractivity contribution in [1.29, 1.82) is 0 Å². The summed E-state index contributed by atoms with van der Waals surface area (Å²) in [5, 5.41) is 19.9. The van der Waals surface area contributed by atoms with Crippen molar-refractivity contribution in [2.75, 3.05) is 0 Å². The van der Waals surface area contributed by atoms with E-state index in [0.717, 1.165) is 49.9 Å². The van der Waals surface area contributed by atoms with Crippen LogP contribution in [0.15, 0.2) is 18.2 Å². The fourth-order valence-electron chi connectivity index (χ4n) is 14.0. The highest BCUT2D eigenvalue weighted by Crippen LogP contribution is 2.78. The van der Waals surface area contributed by atoms with Gasteiger partial charge in [0.25, 0.3) is 0 Å². The molecule has 1 aromatic heterocycles. The van der Waals surface area contributed by atoms with Crippen LogP contribution in [0.1, 0.15) is 150 Å². The first kappa shape index (κ1) is 38.1. The summed E-state index contributed by atoms with van der Waals surface area (Å²) in [6.07, 6.45) is 11.7. The molecular formula is C43H67N3O5. The van der Waals surface area contributed by atoms with Gasteiger partial charge in [0.05, 0.1) is 25.1 Å². The van der Waals surface area contributed by atoms with Crippen molar-refractivity contribution in [1.82, 2.24) is 15.5 Å². The number of aromatic amines is 1. The molecule has 1 aromatic rings. The monoisotopic (exact) mass is 706 g/mol. The van der Waals surface area contributed by atoms with Gasteiger partial charge < -0.3 is 15.2 Å². The molecule has 5 saturated carbocycles. The Balaban J connectivity index is 1.21. The third-order valence-corrected chi connectivity index (χ3v) is 16.4. The Hall–Kier alpha value is -2.64. The van der Waals surface area contributed by atoms with Gasteiger partial charge in [0.15, 0.2) is 0 Å². The van der Waals surface area contributed by atoms with Gasteiger partial charge in [-0.3, -0.25) is 19.5 Å². The lowest BCUT2D eigenvalue weighted by atomic mass is 9.32. The van der Waals surface area contributed by atoms with Crippen LogP contribution in [-0.2, 0) is 25.7 Å². The molecular weight excluding hydrogens is 638 g/mol. The van der Waals surface area contributed by atoms with Crippen molar-refractivity contribution in [2.24, 2.45) is 62.1 Å². The lowest BCUT2D eigenvalue weighted by Gasteiger charge is -2.73. The molecule has 5 fully saturated rings. The minimum absolute atomic E-state index is 0.0205. The Morgan fingerprint density at radius 1 is 0.961 bits per heavy atom. The number of carboxylic acids is 1. The second kappa shape index (κ2) is 13.0. The second-order valence-electron chi connectivity index (χ2n) is 20.3. The van der Waals surface area contributed by atoms with Crippen molar-refractivity contribution in [3.8, 4) is 0 Å². The number of esters is 1. The zero-order valence-electron chi connectivity index (χ0n) is 33.2. The average Bonchev–Trinajstić information content (AvgIpc) is 3.60. The van der Waals surface area contributed by atoms with Crippen molar-refractivity contribution < 1.29 is 24.2 Å². The predicted octanol–water partition coefficient (Wildman–Crippen LogP) is 9.18. The lowest BCUT2D eigenvalue weighted by molar-refractivity contribution is -0.250. The van der Waals surface area contributed by atoms with Gasteiger partial charge >= 0.3 is 11.9 Å². The normalized spacial score (nSPS) is 39.9. The van der Waals surface area contributed by atoms with Gasteiger partial charge in [-0.05, 0) is 141 Å². The average molecular weight is 706 g/mol. The summed E-state index contributed by atoms with van der Waals surface area (Å²) in [4.78, 5) is 38.3. The van der Waals surface area contributed by atoms with E-state index in [1.54, 1.807) is 0 Å². The van der Waals surface area contributed by atoms with E-state index in [4.69, 9.17) is 4.74 Å². The molecule has 10 atom stereocenters. The number of carboxylic acid groups (broad SMARTS) is 1. The maximum Gasteiger partial charge on any atom is 0.306 e. The highest BCUT2D eigenvalue weighted by molar-refractivity contribution is 5.77. The zero-order valence-corrected chi connectivity index (χ0v) is 33.2. The number of nitrogens with zero attached hydrogens (tertiary/aromatic N) is 1. The van der Waals surface area contributed by atoms with Gasteiger partial charge in [-0.25, -0.2) is 0 Å². The van der Waals surface area contributed by atoms with E-state index in [0.29, 0.717) is 42.6 Å². The van der Waals surface area contributed by atoms with E-state index in [2.05, 4.69) is 63.6 Å². The van der Waals surface area contributed by atoms with Crippen LogP contribution < -0.4 is 5.32 Å². The number of aryl methyl sites for hydroxylation is 1. The summed E-state index contributed by atoms with van der Waals surface area (Å²) in [7, 11) is 0. The molecule has 8 nitrogen and oxygen atoms in total. The number of allylic oxidation sites excluding steroid dienone is 1. The highest BCUT2D eigenvalue weighted by atomic mass is 16.5. The van der Waals surface area contributed by atoms with Crippen molar-refractivity contribution >= 4 is 17.8 Å². The number of rotatable bonds is 10. The Morgan fingerprint density at radius 2 is 1.69 bits per heavy atom. The zero-order chi connectivity index (χ0) is 37.4. The number of H-pyrrole nitrogens is 1. The van der Waals surface area contributed by atoms with Crippen LogP contribution in [0, 0.1) is 69.0 Å². The van der Waals surface area contributed by atoms with E-state index in [1.807, 2.05) is 26.8 Å². The third-order valence-electron chi connectivity index (χ3n) is 16.4. The number of aliphatic carboxylic acids is 1. The molecule has 3 N–H and O–H groups in total. The maximum atomic E-state index is 13.7. The maximum absolute atomic E-state index is 13.7. The Bertz CT molecular complexity index is 1550. The minimum Gasteiger partial charge on any atom is -0.481 e. The van der Waals surface area contributed by atoms with Crippen LogP contribution in [0.4, 0.5) is 0 Å². The molecule has 51 heavy (non-hydrogen) atoms. The molecule has 0 aliphatic heterocycles. The van der Waals surface area contributed by atoms with E-state index >= 15 is 0 Å². The smallest absolute Gasteiger partial charge is 0.306 e. The summed E-state index contributed by atoms with van der Waals surface area (Å²) in [6.45, 7) is 25.4. The lowest BCUT2D eigenvalue weighted by Crippen LogP contribution is -2.67. The number of carbonyl (C=O) groups excluding carboxylic acids is 2. The molecule has 1 amide bonds. The topological polar surface area (TPSA) is 121 Å². The number of ether oxygens (including phenoxy) is 1. The first-order valence-corrected chi connectivity index (χ1v) is 20.0. The summed E-state index contributed by atoms with van der Waals surface area (Å²) in [5.41, 5.74) is 2.92. The number of nitrogens with one attached hydrogen (secondary N) is 2. The van der Waals surface area contributed by atoms with Crippen LogP contribution in [0.25, 0.3) is 0 Å². The van der Waals surface area contributed by atoms with Crippen molar-refractivity contribution in [2.45, 2.75) is 158 Å². The highest BCUT2D eigenvalue weighted by Gasteiger charge is 2.71. The molecule has 0 unspecified atom stereocenters. The molecule has 0 radical (unpaired) electrons. The molecule has 6 rings (SSSR count). The van der Waals surface area contributed by atoms with Crippen molar-refractivity contribution in [3.05, 3.63) is 29.6 Å². The number of aromatic nitrogens is 2. The second-order valence-corrected chi connectivity index (χ2v) is 20.3. The van der Waals surface area contributed by atoms with E-state index in [9.17, 15) is 19.5 Å². The van der Waals surface area contributed by atoms with E-state index in [1.165, 1.54) is 31.3 Å². The molecule has 0 bridgehead atoms. The van der Waals surface area contributed by atoms with E-state index in [-0.39, 0.29) is 57.9 Å². The summed E-state index contributed by atoms with van der Waals surface area (Å²) >= 11 is 0. The van der Waals surface area contributed by atoms with Gasteiger partial charge in [0.2, 0.25) is 5.91 Å². The minimum atomic E-state index is -0.885. The van der Waals surface area contributed by atoms with Crippen LogP contribution in [0.5, 0.6) is 0 Å². The summed E-state index contributed by atoms with van der Waals surface area (Å²) in [6, 6.07) is 2.00. The molecule has 5 aliphatic rings. The molecule has 284 valence electrons. The molecule has 0 aromatic carbocycles. The quantitative estimate of drug-likeness (QED) is 0.165. The standard InChI is InChI=1S/C43H67N3O5/c1-26(2)29-13-18-43(22-34(47)44-25-28-21-27(3)45-46-28)20-19-41(9)30(37(29)43)11-12-32-40(8)16-15-33(39(6,7)31(40)14-17-42(32,41)10)51-36(50)24-38(4,5)23-35(48)49/h21,29-33,37H,1,11-20,22-25H2,2-10H3,(H,44,47)(H,45,46)(H,48,49)/t29-,30+,31-,32+,33-,37+,40-,41+,42+,43+/m0/s1. The predicted molar refractivity (Wildman–Crippen MR) is 199 cm³/mol. The van der Waals surface area contributed by atoms with Gasteiger partial charge in [-0.1, -0.05) is 60.6 Å². The number of hydrogen-bond donors (Lipinski definition) is 3. The fourth-order valence-corrected chi connectivity index (χ4v) is 14.0. The Morgan fingerprint density at radius 3 is 2.33 bits per heavy atom. The van der Waals surface area contributed by atoms with Crippen LogP contribution in [-0.4, -0.2) is 39.3 Å². The molecule has 0 saturated heterocycles. The van der Waals surface area contributed by atoms with Crippen LogP contribution in [0.3, 0.4) is 0 Å². The molecule has 5 aliphatic carbocycles. The van der Waals surface area contributed by atoms with Crippen LogP contribution in [0.2, 0.25) is 0 Å².